The molecule has 1 unspecified atom stereocenters. The number of methoxy groups -OCH3 is 2. The molecule has 0 spiro atoms. The van der Waals surface area contributed by atoms with Crippen molar-refractivity contribution >= 4 is 11.9 Å². The molecule has 88 valence electrons. The molecule has 0 amide bonds. The first-order valence-electron chi connectivity index (χ1n) is 5.05. The number of carbonyl (C=O) groups is 2. The Kier molecular flexibility index (Phi) is 3.88. The van der Waals surface area contributed by atoms with Crippen molar-refractivity contribution < 1.29 is 19.1 Å². The van der Waals surface area contributed by atoms with Gasteiger partial charge in [-0.3, -0.25) is 4.79 Å². The van der Waals surface area contributed by atoms with Gasteiger partial charge in [0, 0.05) is 0 Å². The predicted octanol–water partition coefficient (Wildman–Crippen LogP) is 1.62. The largest absolute Gasteiger partial charge is 0.468 e. The first-order chi connectivity index (χ1) is 7.52. The van der Waals surface area contributed by atoms with E-state index in [1.807, 2.05) is 13.8 Å². The fourth-order valence-electron chi connectivity index (χ4n) is 1.76. The quantitative estimate of drug-likeness (QED) is 0.528. The van der Waals surface area contributed by atoms with E-state index in [0.29, 0.717) is 12.0 Å². The maximum Gasteiger partial charge on any atom is 0.334 e. The molecular formula is C12H16O4. The van der Waals surface area contributed by atoms with Crippen molar-refractivity contribution in [3.8, 4) is 0 Å². The molecule has 0 heterocycles. The van der Waals surface area contributed by atoms with Crippen molar-refractivity contribution in [2.45, 2.75) is 20.3 Å². The lowest BCUT2D eigenvalue weighted by Crippen LogP contribution is -2.27. The lowest BCUT2D eigenvalue weighted by molar-refractivity contribution is -0.146. The zero-order chi connectivity index (χ0) is 12.3. The Morgan fingerprint density at radius 2 is 1.88 bits per heavy atom. The summed E-state index contributed by atoms with van der Waals surface area (Å²) in [5.74, 6) is -1.51. The predicted molar refractivity (Wildman–Crippen MR) is 58.6 cm³/mol. The van der Waals surface area contributed by atoms with Crippen molar-refractivity contribution in [2.75, 3.05) is 14.2 Å². The van der Waals surface area contributed by atoms with Crippen molar-refractivity contribution in [1.82, 2.24) is 0 Å². The Bertz CT molecular complexity index is 376. The van der Waals surface area contributed by atoms with Crippen LogP contribution in [0.25, 0.3) is 0 Å². The summed E-state index contributed by atoms with van der Waals surface area (Å²) in [5.41, 5.74) is 2.33. The fourth-order valence-corrected chi connectivity index (χ4v) is 1.76. The summed E-state index contributed by atoms with van der Waals surface area (Å²) in [5, 5.41) is 0. The van der Waals surface area contributed by atoms with Gasteiger partial charge in [-0.1, -0.05) is 17.2 Å². The smallest absolute Gasteiger partial charge is 0.334 e. The van der Waals surface area contributed by atoms with Gasteiger partial charge in [-0.25, -0.2) is 4.79 Å². The number of carbonyl (C=O) groups excluding carboxylic acids is 2. The Hall–Kier alpha value is -1.58. The van der Waals surface area contributed by atoms with Crippen LogP contribution >= 0.6 is 0 Å². The molecule has 4 heteroatoms. The summed E-state index contributed by atoms with van der Waals surface area (Å²) in [6.07, 6.45) is 2.40. The zero-order valence-electron chi connectivity index (χ0n) is 9.99. The first kappa shape index (κ1) is 12.5. The first-order valence-corrected chi connectivity index (χ1v) is 5.05. The minimum absolute atomic E-state index is 0.373. The van der Waals surface area contributed by atoms with Crippen LogP contribution in [-0.4, -0.2) is 26.2 Å². The van der Waals surface area contributed by atoms with E-state index in [-0.39, 0.29) is 0 Å². The highest BCUT2D eigenvalue weighted by molar-refractivity contribution is 5.97. The second-order valence-electron chi connectivity index (χ2n) is 3.77. The van der Waals surface area contributed by atoms with Crippen LogP contribution in [0.15, 0.2) is 22.8 Å². The Morgan fingerprint density at radius 1 is 1.25 bits per heavy atom. The van der Waals surface area contributed by atoms with E-state index < -0.39 is 17.9 Å². The zero-order valence-corrected chi connectivity index (χ0v) is 9.99. The van der Waals surface area contributed by atoms with Crippen molar-refractivity contribution in [3.63, 3.8) is 0 Å². The minimum Gasteiger partial charge on any atom is -0.468 e. The Balaban J connectivity index is 3.11. The third kappa shape index (κ3) is 2.15. The monoisotopic (exact) mass is 224 g/mol. The highest BCUT2D eigenvalue weighted by atomic mass is 16.5. The molecule has 16 heavy (non-hydrogen) atoms. The molecule has 0 aliphatic heterocycles. The van der Waals surface area contributed by atoms with Crippen LogP contribution in [0.5, 0.6) is 0 Å². The van der Waals surface area contributed by atoms with E-state index in [1.165, 1.54) is 14.2 Å². The molecule has 0 aromatic carbocycles. The van der Waals surface area contributed by atoms with Gasteiger partial charge in [0.2, 0.25) is 0 Å². The second-order valence-corrected chi connectivity index (χ2v) is 3.77. The van der Waals surface area contributed by atoms with Crippen LogP contribution in [-0.2, 0) is 19.1 Å². The normalized spacial score (nSPS) is 20.2. The third-order valence-electron chi connectivity index (χ3n) is 2.90. The molecule has 1 aliphatic carbocycles. The molecule has 0 saturated carbocycles. The van der Waals surface area contributed by atoms with Gasteiger partial charge in [0.25, 0.3) is 0 Å². The molecule has 0 radical (unpaired) electrons. The van der Waals surface area contributed by atoms with Gasteiger partial charge in [-0.15, -0.1) is 0 Å². The van der Waals surface area contributed by atoms with Crippen LogP contribution in [0.2, 0.25) is 0 Å². The van der Waals surface area contributed by atoms with E-state index in [4.69, 9.17) is 4.74 Å². The Morgan fingerprint density at radius 3 is 2.38 bits per heavy atom. The molecule has 1 rings (SSSR count). The van der Waals surface area contributed by atoms with Gasteiger partial charge < -0.3 is 9.47 Å². The lowest BCUT2D eigenvalue weighted by atomic mass is 9.83. The van der Waals surface area contributed by atoms with E-state index in [9.17, 15) is 9.59 Å². The molecule has 4 nitrogen and oxygen atoms in total. The highest BCUT2D eigenvalue weighted by Crippen LogP contribution is 2.31. The molecule has 0 N–H and O–H groups in total. The molecule has 1 aliphatic rings. The van der Waals surface area contributed by atoms with Gasteiger partial charge in [-0.2, -0.15) is 0 Å². The second kappa shape index (κ2) is 4.96. The van der Waals surface area contributed by atoms with E-state index in [0.717, 1.165) is 11.1 Å². The summed E-state index contributed by atoms with van der Waals surface area (Å²) in [6.45, 7) is 3.78. The number of hydrogen-bond donors (Lipinski definition) is 0. The number of hydrogen-bond acceptors (Lipinski definition) is 4. The number of allylic oxidation sites excluding steroid dienone is 2. The van der Waals surface area contributed by atoms with Gasteiger partial charge in [-0.05, 0) is 20.3 Å². The van der Waals surface area contributed by atoms with Crippen LogP contribution in [0.1, 0.15) is 20.3 Å². The molecule has 1 atom stereocenters. The third-order valence-corrected chi connectivity index (χ3v) is 2.90. The van der Waals surface area contributed by atoms with Crippen LogP contribution in [0.4, 0.5) is 0 Å². The van der Waals surface area contributed by atoms with Gasteiger partial charge in [0.15, 0.2) is 0 Å². The summed E-state index contributed by atoms with van der Waals surface area (Å²) >= 11 is 0. The van der Waals surface area contributed by atoms with E-state index >= 15 is 0 Å². The topological polar surface area (TPSA) is 52.6 Å². The van der Waals surface area contributed by atoms with Gasteiger partial charge >= 0.3 is 11.9 Å². The van der Waals surface area contributed by atoms with E-state index in [1.54, 1.807) is 6.08 Å². The standard InChI is InChI=1S/C12H16O4/c1-7-5-6-9(11(13)15-3)10(8(7)2)12(14)16-4/h6,10H,5H2,1-4H3. The number of rotatable bonds is 2. The molecule has 0 saturated heterocycles. The molecule has 0 aromatic heterocycles. The number of esters is 2. The molecule has 0 aromatic rings. The fraction of sp³-hybridized carbons (Fsp3) is 0.500. The Labute approximate surface area is 94.9 Å². The average molecular weight is 224 g/mol. The minimum atomic E-state index is -0.619. The van der Waals surface area contributed by atoms with E-state index in [2.05, 4.69) is 4.74 Å². The van der Waals surface area contributed by atoms with Crippen LogP contribution in [0.3, 0.4) is 0 Å². The summed E-state index contributed by atoms with van der Waals surface area (Å²) in [7, 11) is 2.62. The summed E-state index contributed by atoms with van der Waals surface area (Å²) < 4.78 is 9.37. The SMILES string of the molecule is COC(=O)C1=CCC(C)=C(C)C1C(=O)OC. The van der Waals surface area contributed by atoms with Gasteiger partial charge in [0.1, 0.15) is 5.92 Å². The summed E-state index contributed by atoms with van der Waals surface area (Å²) in [6, 6.07) is 0. The molecule has 0 bridgehead atoms. The lowest BCUT2D eigenvalue weighted by Gasteiger charge is -2.23. The maximum absolute atomic E-state index is 11.6. The highest BCUT2D eigenvalue weighted by Gasteiger charge is 2.33. The van der Waals surface area contributed by atoms with Crippen LogP contribution < -0.4 is 0 Å². The van der Waals surface area contributed by atoms with Crippen LogP contribution in [0, 0.1) is 5.92 Å². The maximum atomic E-state index is 11.6. The van der Waals surface area contributed by atoms with Gasteiger partial charge in [0.05, 0.1) is 19.8 Å². The van der Waals surface area contributed by atoms with Crippen molar-refractivity contribution in [2.24, 2.45) is 5.92 Å². The number of ether oxygens (including phenoxy) is 2. The average Bonchev–Trinajstić information content (AvgIpc) is 2.30. The summed E-state index contributed by atoms with van der Waals surface area (Å²) in [4.78, 5) is 23.2. The van der Waals surface area contributed by atoms with Crippen molar-refractivity contribution in [1.29, 1.82) is 0 Å². The van der Waals surface area contributed by atoms with Crippen molar-refractivity contribution in [3.05, 3.63) is 22.8 Å². The molecular weight excluding hydrogens is 208 g/mol. The molecule has 0 fully saturated rings.